The second-order valence-electron chi connectivity index (χ2n) is 5.90. The molecular formula is C17H23N3O. The summed E-state index contributed by atoms with van der Waals surface area (Å²) in [5, 5.41) is 4.06. The Morgan fingerprint density at radius 1 is 1.29 bits per heavy atom. The number of hydrogen-bond donors (Lipinski definition) is 2. The van der Waals surface area contributed by atoms with Crippen LogP contribution in [0.3, 0.4) is 0 Å². The molecule has 1 saturated heterocycles. The number of carbonyl (C=O) groups is 1. The molecule has 1 aliphatic rings. The molecule has 1 fully saturated rings. The van der Waals surface area contributed by atoms with Gasteiger partial charge in [-0.1, -0.05) is 24.6 Å². The summed E-state index contributed by atoms with van der Waals surface area (Å²) in [6, 6.07) is 8.30. The molecule has 1 aliphatic heterocycles. The minimum atomic E-state index is 0.0105. The molecule has 1 aromatic carbocycles. The maximum atomic E-state index is 12.4. The predicted octanol–water partition coefficient (Wildman–Crippen LogP) is 2.77. The van der Waals surface area contributed by atoms with Crippen molar-refractivity contribution in [1.82, 2.24) is 15.2 Å². The maximum absolute atomic E-state index is 12.4. The Morgan fingerprint density at radius 2 is 2.05 bits per heavy atom. The summed E-state index contributed by atoms with van der Waals surface area (Å²) in [5.41, 5.74) is 1.74. The van der Waals surface area contributed by atoms with E-state index in [1.807, 2.05) is 24.3 Å². The fourth-order valence-corrected chi connectivity index (χ4v) is 3.08. The van der Waals surface area contributed by atoms with Crippen LogP contribution < -0.4 is 5.32 Å². The van der Waals surface area contributed by atoms with E-state index >= 15 is 0 Å². The number of piperidine rings is 1. The third-order valence-electron chi connectivity index (χ3n) is 4.41. The number of benzene rings is 1. The van der Waals surface area contributed by atoms with Crippen LogP contribution in [0.2, 0.25) is 0 Å². The SMILES string of the molecule is CC(CNC(=O)c1c[nH]c2ccccc12)N1CCCCC1. The van der Waals surface area contributed by atoms with E-state index in [1.165, 1.54) is 19.3 Å². The highest BCUT2D eigenvalue weighted by atomic mass is 16.1. The normalized spacial score (nSPS) is 17.8. The van der Waals surface area contributed by atoms with Crippen LogP contribution in [-0.2, 0) is 0 Å². The van der Waals surface area contributed by atoms with Crippen LogP contribution in [0.4, 0.5) is 0 Å². The van der Waals surface area contributed by atoms with Crippen molar-refractivity contribution in [2.45, 2.75) is 32.2 Å². The van der Waals surface area contributed by atoms with Crippen molar-refractivity contribution in [3.05, 3.63) is 36.0 Å². The highest BCUT2D eigenvalue weighted by Gasteiger charge is 2.18. The van der Waals surface area contributed by atoms with Gasteiger partial charge in [0, 0.05) is 29.7 Å². The molecule has 1 atom stereocenters. The van der Waals surface area contributed by atoms with Crippen LogP contribution in [0.15, 0.2) is 30.5 Å². The number of aromatic amines is 1. The van der Waals surface area contributed by atoms with Crippen molar-refractivity contribution in [2.75, 3.05) is 19.6 Å². The molecule has 3 rings (SSSR count). The Balaban J connectivity index is 1.61. The zero-order chi connectivity index (χ0) is 14.7. The first-order valence-corrected chi connectivity index (χ1v) is 7.84. The third kappa shape index (κ3) is 3.10. The minimum Gasteiger partial charge on any atom is -0.360 e. The lowest BCUT2D eigenvalue weighted by Gasteiger charge is -2.32. The Labute approximate surface area is 125 Å². The predicted molar refractivity (Wildman–Crippen MR) is 85.5 cm³/mol. The van der Waals surface area contributed by atoms with E-state index in [-0.39, 0.29) is 5.91 Å². The zero-order valence-corrected chi connectivity index (χ0v) is 12.6. The molecule has 0 saturated carbocycles. The summed E-state index contributed by atoms with van der Waals surface area (Å²) >= 11 is 0. The molecule has 1 aromatic heterocycles. The van der Waals surface area contributed by atoms with Crippen molar-refractivity contribution >= 4 is 16.8 Å². The molecule has 2 heterocycles. The van der Waals surface area contributed by atoms with Gasteiger partial charge in [-0.15, -0.1) is 0 Å². The lowest BCUT2D eigenvalue weighted by atomic mass is 10.1. The number of H-pyrrole nitrogens is 1. The second-order valence-corrected chi connectivity index (χ2v) is 5.90. The number of rotatable bonds is 4. The van der Waals surface area contributed by atoms with E-state index in [0.29, 0.717) is 12.6 Å². The van der Waals surface area contributed by atoms with Crippen LogP contribution in [0.5, 0.6) is 0 Å². The molecule has 0 aliphatic carbocycles. The highest BCUT2D eigenvalue weighted by Crippen LogP contribution is 2.17. The van der Waals surface area contributed by atoms with Crippen LogP contribution in [-0.4, -0.2) is 41.5 Å². The molecule has 1 amide bonds. The van der Waals surface area contributed by atoms with Gasteiger partial charge in [0.05, 0.1) is 5.56 Å². The topological polar surface area (TPSA) is 48.1 Å². The third-order valence-corrected chi connectivity index (χ3v) is 4.41. The summed E-state index contributed by atoms with van der Waals surface area (Å²) in [5.74, 6) is 0.0105. The van der Waals surface area contributed by atoms with Crippen LogP contribution in [0.1, 0.15) is 36.5 Å². The molecule has 2 aromatic rings. The number of hydrogen-bond acceptors (Lipinski definition) is 2. The van der Waals surface area contributed by atoms with Crippen LogP contribution in [0, 0.1) is 0 Å². The first kappa shape index (κ1) is 14.1. The van der Waals surface area contributed by atoms with Gasteiger partial charge in [0.2, 0.25) is 0 Å². The number of para-hydroxylation sites is 1. The van der Waals surface area contributed by atoms with Gasteiger partial charge in [-0.05, 0) is 38.9 Å². The second kappa shape index (κ2) is 6.31. The van der Waals surface area contributed by atoms with Gasteiger partial charge in [-0.25, -0.2) is 0 Å². The van der Waals surface area contributed by atoms with Gasteiger partial charge in [0.15, 0.2) is 0 Å². The van der Waals surface area contributed by atoms with Gasteiger partial charge in [-0.2, -0.15) is 0 Å². The molecular weight excluding hydrogens is 262 g/mol. The summed E-state index contributed by atoms with van der Waals surface area (Å²) < 4.78 is 0. The summed E-state index contributed by atoms with van der Waals surface area (Å²) in [6.45, 7) is 5.22. The summed E-state index contributed by atoms with van der Waals surface area (Å²) in [4.78, 5) is 18.0. The van der Waals surface area contributed by atoms with E-state index < -0.39 is 0 Å². The van der Waals surface area contributed by atoms with Crippen molar-refractivity contribution in [2.24, 2.45) is 0 Å². The first-order chi connectivity index (χ1) is 10.3. The van der Waals surface area contributed by atoms with Crippen molar-refractivity contribution in [3.63, 3.8) is 0 Å². The number of likely N-dealkylation sites (tertiary alicyclic amines) is 1. The van der Waals surface area contributed by atoms with Crippen LogP contribution in [0.25, 0.3) is 10.9 Å². The van der Waals surface area contributed by atoms with Crippen molar-refractivity contribution < 1.29 is 4.79 Å². The molecule has 4 nitrogen and oxygen atoms in total. The lowest BCUT2D eigenvalue weighted by Crippen LogP contribution is -2.44. The number of fused-ring (bicyclic) bond motifs is 1. The minimum absolute atomic E-state index is 0.0105. The molecule has 1 unspecified atom stereocenters. The molecule has 0 bridgehead atoms. The first-order valence-electron chi connectivity index (χ1n) is 7.84. The van der Waals surface area contributed by atoms with E-state index in [4.69, 9.17) is 0 Å². The molecule has 4 heteroatoms. The molecule has 0 spiro atoms. The average Bonchev–Trinajstić information content (AvgIpc) is 2.97. The van der Waals surface area contributed by atoms with Gasteiger partial charge in [0.1, 0.15) is 0 Å². The molecule has 21 heavy (non-hydrogen) atoms. The summed E-state index contributed by atoms with van der Waals surface area (Å²) in [7, 11) is 0. The Morgan fingerprint density at radius 3 is 2.86 bits per heavy atom. The van der Waals surface area contributed by atoms with Gasteiger partial charge >= 0.3 is 0 Å². The van der Waals surface area contributed by atoms with E-state index in [2.05, 4.69) is 22.1 Å². The maximum Gasteiger partial charge on any atom is 0.253 e. The van der Waals surface area contributed by atoms with Gasteiger partial charge in [-0.3, -0.25) is 9.69 Å². The summed E-state index contributed by atoms with van der Waals surface area (Å²) in [6.07, 6.45) is 5.69. The van der Waals surface area contributed by atoms with E-state index in [1.54, 1.807) is 6.20 Å². The Hall–Kier alpha value is -1.81. The standard InChI is InChI=1S/C17H23N3O/c1-13(20-9-5-2-6-10-20)11-19-17(21)15-12-18-16-8-4-3-7-14(15)16/h3-4,7-8,12-13,18H,2,5-6,9-11H2,1H3,(H,19,21). The highest BCUT2D eigenvalue weighted by molar-refractivity contribution is 6.06. The monoisotopic (exact) mass is 285 g/mol. The van der Waals surface area contributed by atoms with Gasteiger partial charge in [0.25, 0.3) is 5.91 Å². The number of aromatic nitrogens is 1. The largest absolute Gasteiger partial charge is 0.360 e. The Kier molecular flexibility index (Phi) is 4.25. The Bertz CT molecular complexity index is 613. The van der Waals surface area contributed by atoms with Crippen LogP contribution >= 0.6 is 0 Å². The number of nitrogens with zero attached hydrogens (tertiary/aromatic N) is 1. The van der Waals surface area contributed by atoms with Gasteiger partial charge < -0.3 is 10.3 Å². The van der Waals surface area contributed by atoms with E-state index in [9.17, 15) is 4.79 Å². The van der Waals surface area contributed by atoms with Crippen molar-refractivity contribution in [3.8, 4) is 0 Å². The number of carbonyl (C=O) groups excluding carboxylic acids is 1. The molecule has 112 valence electrons. The molecule has 0 radical (unpaired) electrons. The van der Waals surface area contributed by atoms with E-state index in [0.717, 1.165) is 29.6 Å². The number of amides is 1. The number of nitrogens with one attached hydrogen (secondary N) is 2. The fourth-order valence-electron chi connectivity index (χ4n) is 3.08. The smallest absolute Gasteiger partial charge is 0.253 e. The quantitative estimate of drug-likeness (QED) is 0.907. The fraction of sp³-hybridized carbons (Fsp3) is 0.471. The van der Waals surface area contributed by atoms with Crippen molar-refractivity contribution in [1.29, 1.82) is 0 Å². The lowest BCUT2D eigenvalue weighted by molar-refractivity contribution is 0.0931. The average molecular weight is 285 g/mol. The molecule has 2 N–H and O–H groups in total. The zero-order valence-electron chi connectivity index (χ0n) is 12.6.